The second kappa shape index (κ2) is 7.35. The monoisotopic (exact) mass is 312 g/mol. The first-order valence-electron chi connectivity index (χ1n) is 7.35. The topological polar surface area (TPSA) is 67.4 Å². The standard InChI is InChI=1S/C15H24N2O3S/c1-12-11-14(7-9-16-12)17-21(18,19)15-5-3-13(4-6-15)8-10-20-2/h3-6,12,14,16-17H,7-11H2,1-2H3. The molecule has 1 saturated heterocycles. The molecule has 2 rings (SSSR count). The maximum absolute atomic E-state index is 12.4. The van der Waals surface area contributed by atoms with Gasteiger partial charge < -0.3 is 10.1 Å². The van der Waals surface area contributed by atoms with E-state index in [-0.39, 0.29) is 6.04 Å². The Labute approximate surface area is 127 Å². The lowest BCUT2D eigenvalue weighted by Gasteiger charge is -2.28. The van der Waals surface area contributed by atoms with Crippen LogP contribution in [0.1, 0.15) is 25.3 Å². The average molecular weight is 312 g/mol. The van der Waals surface area contributed by atoms with Crippen LogP contribution < -0.4 is 10.0 Å². The SMILES string of the molecule is COCCc1ccc(S(=O)(=O)NC2CCNC(C)C2)cc1. The first kappa shape index (κ1) is 16.4. The molecule has 2 N–H and O–H groups in total. The highest BCUT2D eigenvalue weighted by molar-refractivity contribution is 7.89. The van der Waals surface area contributed by atoms with Crippen molar-refractivity contribution in [1.29, 1.82) is 0 Å². The maximum Gasteiger partial charge on any atom is 0.240 e. The minimum atomic E-state index is -3.43. The van der Waals surface area contributed by atoms with Crippen LogP contribution in [-0.4, -0.2) is 40.8 Å². The molecule has 2 atom stereocenters. The Morgan fingerprint density at radius 3 is 2.67 bits per heavy atom. The molecule has 6 heteroatoms. The van der Waals surface area contributed by atoms with Gasteiger partial charge in [-0.15, -0.1) is 0 Å². The quantitative estimate of drug-likeness (QED) is 0.831. The van der Waals surface area contributed by atoms with E-state index >= 15 is 0 Å². The molecule has 2 unspecified atom stereocenters. The van der Waals surface area contributed by atoms with Gasteiger partial charge in [0, 0.05) is 19.2 Å². The van der Waals surface area contributed by atoms with Gasteiger partial charge in [0.2, 0.25) is 10.0 Å². The van der Waals surface area contributed by atoms with Crippen molar-refractivity contribution in [3.05, 3.63) is 29.8 Å². The second-order valence-electron chi connectivity index (χ2n) is 5.58. The van der Waals surface area contributed by atoms with Crippen LogP contribution in [0.4, 0.5) is 0 Å². The summed E-state index contributed by atoms with van der Waals surface area (Å²) in [5.74, 6) is 0. The van der Waals surface area contributed by atoms with Gasteiger partial charge in [-0.05, 0) is 50.4 Å². The summed E-state index contributed by atoms with van der Waals surface area (Å²) < 4.78 is 32.6. The fourth-order valence-electron chi connectivity index (χ4n) is 2.58. The number of hydrogen-bond acceptors (Lipinski definition) is 4. The number of sulfonamides is 1. The maximum atomic E-state index is 12.4. The van der Waals surface area contributed by atoms with Crippen LogP contribution in [0.15, 0.2) is 29.2 Å². The van der Waals surface area contributed by atoms with E-state index in [2.05, 4.69) is 17.0 Å². The lowest BCUT2D eigenvalue weighted by molar-refractivity contribution is 0.202. The molecule has 1 aliphatic heterocycles. The Morgan fingerprint density at radius 1 is 1.33 bits per heavy atom. The molecule has 0 aliphatic carbocycles. The zero-order valence-electron chi connectivity index (χ0n) is 12.6. The van der Waals surface area contributed by atoms with E-state index in [1.165, 1.54) is 0 Å². The first-order chi connectivity index (χ1) is 10.0. The molecule has 0 bridgehead atoms. The van der Waals surface area contributed by atoms with Crippen LogP contribution in [0, 0.1) is 0 Å². The second-order valence-corrected chi connectivity index (χ2v) is 7.30. The number of benzene rings is 1. The Bertz CT molecular complexity index is 543. The van der Waals surface area contributed by atoms with Crippen molar-refractivity contribution in [3.8, 4) is 0 Å². The zero-order chi connectivity index (χ0) is 15.3. The summed E-state index contributed by atoms with van der Waals surface area (Å²) in [6, 6.07) is 7.38. The number of rotatable bonds is 6. The number of methoxy groups -OCH3 is 1. The molecular formula is C15H24N2O3S. The van der Waals surface area contributed by atoms with Gasteiger partial charge >= 0.3 is 0 Å². The van der Waals surface area contributed by atoms with Crippen molar-refractivity contribution < 1.29 is 13.2 Å². The highest BCUT2D eigenvalue weighted by atomic mass is 32.2. The predicted molar refractivity (Wildman–Crippen MR) is 82.8 cm³/mol. The molecule has 0 saturated carbocycles. The Morgan fingerprint density at radius 2 is 2.05 bits per heavy atom. The van der Waals surface area contributed by atoms with E-state index in [4.69, 9.17) is 4.74 Å². The third-order valence-electron chi connectivity index (χ3n) is 3.77. The normalized spacial score (nSPS) is 23.1. The van der Waals surface area contributed by atoms with Gasteiger partial charge in [0.05, 0.1) is 11.5 Å². The van der Waals surface area contributed by atoms with E-state index in [0.717, 1.165) is 31.4 Å². The van der Waals surface area contributed by atoms with Gasteiger partial charge in [0.25, 0.3) is 0 Å². The van der Waals surface area contributed by atoms with Crippen LogP contribution >= 0.6 is 0 Å². The summed E-state index contributed by atoms with van der Waals surface area (Å²) in [4.78, 5) is 0.329. The largest absolute Gasteiger partial charge is 0.384 e. The summed E-state index contributed by atoms with van der Waals surface area (Å²) in [6.07, 6.45) is 2.44. The minimum Gasteiger partial charge on any atom is -0.384 e. The van der Waals surface area contributed by atoms with E-state index in [9.17, 15) is 8.42 Å². The molecule has 1 aromatic carbocycles. The van der Waals surface area contributed by atoms with Gasteiger partial charge in [-0.1, -0.05) is 12.1 Å². The lowest BCUT2D eigenvalue weighted by Crippen LogP contribution is -2.46. The van der Waals surface area contributed by atoms with Crippen molar-refractivity contribution in [2.75, 3.05) is 20.3 Å². The molecule has 5 nitrogen and oxygen atoms in total. The zero-order valence-corrected chi connectivity index (χ0v) is 13.4. The minimum absolute atomic E-state index is 0.0133. The van der Waals surface area contributed by atoms with Crippen LogP contribution in [0.3, 0.4) is 0 Å². The highest BCUT2D eigenvalue weighted by Gasteiger charge is 2.24. The molecule has 1 aromatic rings. The fourth-order valence-corrected chi connectivity index (χ4v) is 3.86. The van der Waals surface area contributed by atoms with E-state index in [1.54, 1.807) is 19.2 Å². The molecule has 0 aromatic heterocycles. The Balaban J connectivity index is 2.01. The molecule has 1 heterocycles. The third kappa shape index (κ3) is 4.78. The molecule has 0 spiro atoms. The summed E-state index contributed by atoms with van der Waals surface area (Å²) in [5, 5.41) is 3.32. The Hall–Kier alpha value is -0.950. The summed E-state index contributed by atoms with van der Waals surface area (Å²) in [7, 11) is -1.77. The lowest BCUT2D eigenvalue weighted by atomic mass is 10.0. The van der Waals surface area contributed by atoms with Gasteiger partial charge in [-0.3, -0.25) is 0 Å². The van der Waals surface area contributed by atoms with Crippen molar-refractivity contribution >= 4 is 10.0 Å². The summed E-state index contributed by atoms with van der Waals surface area (Å²) >= 11 is 0. The van der Waals surface area contributed by atoms with E-state index in [1.807, 2.05) is 12.1 Å². The summed E-state index contributed by atoms with van der Waals surface area (Å²) in [6.45, 7) is 3.56. The van der Waals surface area contributed by atoms with Crippen LogP contribution in [0.5, 0.6) is 0 Å². The summed E-state index contributed by atoms with van der Waals surface area (Å²) in [5.41, 5.74) is 1.08. The molecule has 1 fully saturated rings. The smallest absolute Gasteiger partial charge is 0.240 e. The van der Waals surface area contributed by atoms with E-state index in [0.29, 0.717) is 17.5 Å². The molecule has 0 radical (unpaired) electrons. The third-order valence-corrected chi connectivity index (χ3v) is 5.31. The number of ether oxygens (including phenoxy) is 1. The molecule has 21 heavy (non-hydrogen) atoms. The number of hydrogen-bond donors (Lipinski definition) is 2. The molecule has 1 aliphatic rings. The predicted octanol–water partition coefficient (Wildman–Crippen LogP) is 1.29. The average Bonchev–Trinajstić information content (AvgIpc) is 2.45. The van der Waals surface area contributed by atoms with Gasteiger partial charge in [-0.2, -0.15) is 0 Å². The number of nitrogens with one attached hydrogen (secondary N) is 2. The highest BCUT2D eigenvalue weighted by Crippen LogP contribution is 2.15. The van der Waals surface area contributed by atoms with Gasteiger partial charge in [-0.25, -0.2) is 13.1 Å². The first-order valence-corrected chi connectivity index (χ1v) is 8.83. The van der Waals surface area contributed by atoms with Crippen molar-refractivity contribution in [2.24, 2.45) is 0 Å². The van der Waals surface area contributed by atoms with Crippen LogP contribution in [-0.2, 0) is 21.2 Å². The fraction of sp³-hybridized carbons (Fsp3) is 0.600. The van der Waals surface area contributed by atoms with Gasteiger partial charge in [0.15, 0.2) is 0 Å². The van der Waals surface area contributed by atoms with Crippen LogP contribution in [0.2, 0.25) is 0 Å². The van der Waals surface area contributed by atoms with Crippen LogP contribution in [0.25, 0.3) is 0 Å². The van der Waals surface area contributed by atoms with Crippen molar-refractivity contribution in [3.63, 3.8) is 0 Å². The molecular weight excluding hydrogens is 288 g/mol. The van der Waals surface area contributed by atoms with E-state index < -0.39 is 10.0 Å². The van der Waals surface area contributed by atoms with Gasteiger partial charge in [0.1, 0.15) is 0 Å². The molecule has 0 amide bonds. The van der Waals surface area contributed by atoms with Crippen molar-refractivity contribution in [2.45, 2.75) is 43.2 Å². The Kier molecular flexibility index (Phi) is 5.75. The molecule has 118 valence electrons. The van der Waals surface area contributed by atoms with Crippen molar-refractivity contribution in [1.82, 2.24) is 10.0 Å². The number of piperidine rings is 1.